The summed E-state index contributed by atoms with van der Waals surface area (Å²) < 4.78 is 0. The minimum absolute atomic E-state index is 0.0108. The van der Waals surface area contributed by atoms with Crippen LogP contribution in [0, 0.1) is 0 Å². The van der Waals surface area contributed by atoms with Gasteiger partial charge in [0.25, 0.3) is 0 Å². The molecule has 1 fully saturated rings. The number of hydrogen-bond donors (Lipinski definition) is 2. The lowest BCUT2D eigenvalue weighted by Gasteiger charge is -2.21. The summed E-state index contributed by atoms with van der Waals surface area (Å²) in [5, 5.41) is 0. The SMILES string of the molecule is CCN(CC)C(=O)C1CC(=O)NN1. The summed E-state index contributed by atoms with van der Waals surface area (Å²) >= 11 is 0. The van der Waals surface area contributed by atoms with Crippen LogP contribution in [-0.2, 0) is 9.59 Å². The summed E-state index contributed by atoms with van der Waals surface area (Å²) in [6.07, 6.45) is 0.245. The van der Waals surface area contributed by atoms with Crippen LogP contribution in [-0.4, -0.2) is 35.8 Å². The van der Waals surface area contributed by atoms with Gasteiger partial charge in [0.15, 0.2) is 0 Å². The predicted molar refractivity (Wildman–Crippen MR) is 47.6 cm³/mol. The van der Waals surface area contributed by atoms with Gasteiger partial charge in [-0.15, -0.1) is 0 Å². The molecule has 74 valence electrons. The molecule has 0 radical (unpaired) electrons. The van der Waals surface area contributed by atoms with E-state index in [2.05, 4.69) is 10.9 Å². The van der Waals surface area contributed by atoms with Gasteiger partial charge in [-0.05, 0) is 13.8 Å². The third-order valence-corrected chi connectivity index (χ3v) is 2.15. The lowest BCUT2D eigenvalue weighted by Crippen LogP contribution is -2.45. The summed E-state index contributed by atoms with van der Waals surface area (Å²) in [5.41, 5.74) is 5.08. The van der Waals surface area contributed by atoms with Gasteiger partial charge in [-0.2, -0.15) is 0 Å². The largest absolute Gasteiger partial charge is 0.342 e. The minimum atomic E-state index is -0.382. The highest BCUT2D eigenvalue weighted by Crippen LogP contribution is 2.02. The third kappa shape index (κ3) is 2.18. The quantitative estimate of drug-likeness (QED) is 0.608. The van der Waals surface area contributed by atoms with Gasteiger partial charge in [0.05, 0.1) is 6.42 Å². The number of nitrogens with one attached hydrogen (secondary N) is 2. The molecule has 1 rings (SSSR count). The maximum absolute atomic E-state index is 11.6. The first kappa shape index (κ1) is 9.98. The second kappa shape index (κ2) is 4.23. The molecule has 0 aromatic heterocycles. The highest BCUT2D eigenvalue weighted by atomic mass is 16.2. The zero-order valence-electron chi connectivity index (χ0n) is 7.96. The van der Waals surface area contributed by atoms with Crippen LogP contribution in [0.3, 0.4) is 0 Å². The molecule has 0 bridgehead atoms. The highest BCUT2D eigenvalue weighted by Gasteiger charge is 2.29. The molecule has 5 nitrogen and oxygen atoms in total. The average molecular weight is 185 g/mol. The van der Waals surface area contributed by atoms with Crippen molar-refractivity contribution in [3.63, 3.8) is 0 Å². The van der Waals surface area contributed by atoms with Gasteiger partial charge < -0.3 is 4.90 Å². The molecule has 0 saturated carbocycles. The second-order valence-corrected chi connectivity index (χ2v) is 2.96. The van der Waals surface area contributed by atoms with Crippen molar-refractivity contribution < 1.29 is 9.59 Å². The fourth-order valence-corrected chi connectivity index (χ4v) is 1.36. The molecule has 1 saturated heterocycles. The topological polar surface area (TPSA) is 61.4 Å². The number of likely N-dealkylation sites (N-methyl/N-ethyl adjacent to an activating group) is 1. The Labute approximate surface area is 77.4 Å². The zero-order chi connectivity index (χ0) is 9.84. The van der Waals surface area contributed by atoms with Crippen LogP contribution in [0.25, 0.3) is 0 Å². The smallest absolute Gasteiger partial charge is 0.242 e. The van der Waals surface area contributed by atoms with Crippen LogP contribution >= 0.6 is 0 Å². The Hall–Kier alpha value is -1.10. The Morgan fingerprint density at radius 1 is 1.54 bits per heavy atom. The molecule has 0 aromatic carbocycles. The first-order valence-corrected chi connectivity index (χ1v) is 4.52. The van der Waals surface area contributed by atoms with Crippen molar-refractivity contribution in [2.45, 2.75) is 26.3 Å². The highest BCUT2D eigenvalue weighted by molar-refractivity contribution is 5.90. The van der Waals surface area contributed by atoms with E-state index in [0.29, 0.717) is 13.1 Å². The van der Waals surface area contributed by atoms with Gasteiger partial charge in [0.2, 0.25) is 11.8 Å². The molecule has 5 heteroatoms. The number of hydrazine groups is 1. The van der Waals surface area contributed by atoms with E-state index in [9.17, 15) is 9.59 Å². The van der Waals surface area contributed by atoms with Crippen LogP contribution in [0.1, 0.15) is 20.3 Å². The van der Waals surface area contributed by atoms with Crippen LogP contribution in [0.15, 0.2) is 0 Å². The van der Waals surface area contributed by atoms with Gasteiger partial charge in [-0.25, -0.2) is 5.43 Å². The van der Waals surface area contributed by atoms with Crippen molar-refractivity contribution in [1.29, 1.82) is 0 Å². The fourth-order valence-electron chi connectivity index (χ4n) is 1.36. The molecule has 1 atom stereocenters. The normalized spacial score (nSPS) is 21.4. The van der Waals surface area contributed by atoms with Crippen molar-refractivity contribution in [3.8, 4) is 0 Å². The number of nitrogens with zero attached hydrogens (tertiary/aromatic N) is 1. The number of rotatable bonds is 3. The molecule has 2 amide bonds. The molecule has 1 heterocycles. The fraction of sp³-hybridized carbons (Fsp3) is 0.750. The van der Waals surface area contributed by atoms with Crippen molar-refractivity contribution >= 4 is 11.8 Å². The molecule has 1 aliphatic heterocycles. The first-order chi connectivity index (χ1) is 6.19. The van der Waals surface area contributed by atoms with Gasteiger partial charge in [0, 0.05) is 13.1 Å². The predicted octanol–water partition coefficient (Wildman–Crippen LogP) is -0.752. The first-order valence-electron chi connectivity index (χ1n) is 4.52. The summed E-state index contributed by atoms with van der Waals surface area (Å²) in [6, 6.07) is -0.382. The summed E-state index contributed by atoms with van der Waals surface area (Å²) in [5.74, 6) is -0.131. The van der Waals surface area contributed by atoms with Crippen LogP contribution in [0.2, 0.25) is 0 Å². The Balaban J connectivity index is 2.51. The molecule has 2 N–H and O–H groups in total. The van der Waals surface area contributed by atoms with Crippen molar-refractivity contribution in [3.05, 3.63) is 0 Å². The summed E-state index contributed by atoms with van der Waals surface area (Å²) in [6.45, 7) is 5.21. The van der Waals surface area contributed by atoms with E-state index < -0.39 is 0 Å². The number of carbonyl (C=O) groups is 2. The lowest BCUT2D eigenvalue weighted by atomic mass is 10.2. The molecule has 0 aromatic rings. The molecule has 1 unspecified atom stereocenters. The Morgan fingerprint density at radius 2 is 2.15 bits per heavy atom. The van der Waals surface area contributed by atoms with E-state index in [1.807, 2.05) is 13.8 Å². The number of carbonyl (C=O) groups excluding carboxylic acids is 2. The molecule has 13 heavy (non-hydrogen) atoms. The number of hydrogen-bond acceptors (Lipinski definition) is 3. The van der Waals surface area contributed by atoms with Crippen molar-refractivity contribution in [2.75, 3.05) is 13.1 Å². The van der Waals surface area contributed by atoms with Crippen LogP contribution in [0.5, 0.6) is 0 Å². The second-order valence-electron chi connectivity index (χ2n) is 2.96. The van der Waals surface area contributed by atoms with Gasteiger partial charge in [0.1, 0.15) is 6.04 Å². The average Bonchev–Trinajstić information content (AvgIpc) is 2.54. The summed E-state index contributed by atoms with van der Waals surface area (Å²) in [7, 11) is 0. The van der Waals surface area contributed by atoms with Gasteiger partial charge in [-0.3, -0.25) is 15.0 Å². The van der Waals surface area contributed by atoms with E-state index in [4.69, 9.17) is 0 Å². The third-order valence-electron chi connectivity index (χ3n) is 2.15. The van der Waals surface area contributed by atoms with Crippen molar-refractivity contribution in [2.24, 2.45) is 0 Å². The van der Waals surface area contributed by atoms with Gasteiger partial charge in [-0.1, -0.05) is 0 Å². The van der Waals surface area contributed by atoms with E-state index >= 15 is 0 Å². The van der Waals surface area contributed by atoms with E-state index in [-0.39, 0.29) is 24.3 Å². The monoisotopic (exact) mass is 185 g/mol. The summed E-state index contributed by atoms with van der Waals surface area (Å²) in [4.78, 5) is 24.1. The van der Waals surface area contributed by atoms with E-state index in [0.717, 1.165) is 0 Å². The number of amides is 2. The van der Waals surface area contributed by atoms with E-state index in [1.54, 1.807) is 4.90 Å². The van der Waals surface area contributed by atoms with Crippen molar-refractivity contribution in [1.82, 2.24) is 15.8 Å². The lowest BCUT2D eigenvalue weighted by molar-refractivity contribution is -0.133. The van der Waals surface area contributed by atoms with E-state index in [1.165, 1.54) is 0 Å². The molecular formula is C8H15N3O2. The zero-order valence-corrected chi connectivity index (χ0v) is 7.96. The molecule has 1 aliphatic rings. The Bertz CT molecular complexity index is 213. The Morgan fingerprint density at radius 3 is 2.54 bits per heavy atom. The maximum atomic E-state index is 11.6. The van der Waals surface area contributed by atoms with Gasteiger partial charge >= 0.3 is 0 Å². The standard InChI is InChI=1S/C8H15N3O2/c1-3-11(4-2)8(13)6-5-7(12)10-9-6/h6,9H,3-5H2,1-2H3,(H,10,12). The van der Waals surface area contributed by atoms with Crippen LogP contribution < -0.4 is 10.9 Å². The Kier molecular flexibility index (Phi) is 3.25. The van der Waals surface area contributed by atoms with Crippen LogP contribution in [0.4, 0.5) is 0 Å². The molecule has 0 aliphatic carbocycles. The maximum Gasteiger partial charge on any atom is 0.242 e. The molecular weight excluding hydrogens is 170 g/mol. The minimum Gasteiger partial charge on any atom is -0.342 e. The molecule has 0 spiro atoms.